The van der Waals surface area contributed by atoms with Crippen molar-refractivity contribution in [2.45, 2.75) is 431 Å². The minimum Gasteiger partial charge on any atom is -0.466 e. The van der Waals surface area contributed by atoms with Crippen molar-refractivity contribution in [3.05, 3.63) is 24.3 Å². The zero-order chi connectivity index (χ0) is 58.5. The monoisotopic (exact) mass is 1140 g/mol. The second-order valence-corrected chi connectivity index (χ2v) is 25.6. The highest BCUT2D eigenvalue weighted by atomic mass is 16.5. The third-order valence-electron chi connectivity index (χ3n) is 17.5. The maximum absolute atomic E-state index is 12.5. The summed E-state index contributed by atoms with van der Waals surface area (Å²) in [5.41, 5.74) is 0. The Morgan fingerprint density at radius 3 is 0.877 bits per heavy atom. The first kappa shape index (κ1) is 79.3. The maximum Gasteiger partial charge on any atom is 0.305 e. The fourth-order valence-electron chi connectivity index (χ4n) is 11.8. The molecule has 0 heterocycles. The molecule has 6 heteroatoms. The van der Waals surface area contributed by atoms with E-state index in [0.717, 1.165) is 38.5 Å². The zero-order valence-corrected chi connectivity index (χ0v) is 55.0. The van der Waals surface area contributed by atoms with E-state index in [0.29, 0.717) is 19.4 Å². The van der Waals surface area contributed by atoms with Crippen LogP contribution in [0.15, 0.2) is 24.3 Å². The summed E-state index contributed by atoms with van der Waals surface area (Å²) < 4.78 is 5.49. The lowest BCUT2D eigenvalue weighted by molar-refractivity contribution is -0.143. The highest BCUT2D eigenvalue weighted by Crippen LogP contribution is 2.19. The molecule has 0 aliphatic carbocycles. The van der Waals surface area contributed by atoms with E-state index in [-0.39, 0.29) is 18.5 Å². The number of unbranched alkanes of at least 4 members (excludes halogenated alkanes) is 57. The van der Waals surface area contributed by atoms with Gasteiger partial charge in [0.1, 0.15) is 0 Å². The fraction of sp³-hybridized carbons (Fsp3) is 0.920. The van der Waals surface area contributed by atoms with Crippen LogP contribution in [-0.2, 0) is 14.3 Å². The number of amides is 1. The van der Waals surface area contributed by atoms with Gasteiger partial charge in [0.25, 0.3) is 0 Å². The molecule has 0 fully saturated rings. The van der Waals surface area contributed by atoms with Crippen molar-refractivity contribution in [3.63, 3.8) is 0 Å². The predicted octanol–water partition coefficient (Wildman–Crippen LogP) is 24.1. The van der Waals surface area contributed by atoms with Crippen LogP contribution < -0.4 is 5.32 Å². The Balaban J connectivity index is 3.31. The Morgan fingerprint density at radius 2 is 0.580 bits per heavy atom. The summed E-state index contributed by atoms with van der Waals surface area (Å²) in [4.78, 5) is 24.5. The van der Waals surface area contributed by atoms with Gasteiger partial charge in [-0.25, -0.2) is 0 Å². The Morgan fingerprint density at radius 1 is 0.333 bits per heavy atom. The van der Waals surface area contributed by atoms with Crippen LogP contribution in [0.5, 0.6) is 0 Å². The van der Waals surface area contributed by atoms with E-state index in [1.807, 2.05) is 6.08 Å². The third kappa shape index (κ3) is 67.3. The fourth-order valence-corrected chi connectivity index (χ4v) is 11.8. The standard InChI is InChI=1S/C75H145NO5/c1-3-5-7-9-11-13-15-44-49-53-57-61-65-69-75(80)81-70-66-62-58-54-50-46-43-41-39-37-35-33-31-29-27-25-23-21-19-17-18-20-22-24-26-28-30-32-34-36-38-40-42-45-48-52-56-60-64-68-74(79)76-72(71-77)73(78)67-63-59-55-51-47-16-14-12-10-8-6-4-2/h17-18,63,67,72-73,77-78H,3-16,19-62,64-66,68-71H2,1-2H3,(H,76,79)/b18-17-,67-63+. The van der Waals surface area contributed by atoms with Crippen molar-refractivity contribution in [2.24, 2.45) is 0 Å². The molecular weight excluding hydrogens is 995 g/mol. The van der Waals surface area contributed by atoms with Gasteiger partial charge in [-0.15, -0.1) is 0 Å². The number of esters is 1. The van der Waals surface area contributed by atoms with Gasteiger partial charge >= 0.3 is 5.97 Å². The summed E-state index contributed by atoms with van der Waals surface area (Å²) in [7, 11) is 0. The molecule has 0 aromatic heterocycles. The summed E-state index contributed by atoms with van der Waals surface area (Å²) in [5, 5.41) is 23.1. The number of hydrogen-bond donors (Lipinski definition) is 3. The highest BCUT2D eigenvalue weighted by Gasteiger charge is 2.18. The van der Waals surface area contributed by atoms with Gasteiger partial charge in [0, 0.05) is 12.8 Å². The minimum absolute atomic E-state index is 0.0244. The topological polar surface area (TPSA) is 95.9 Å². The van der Waals surface area contributed by atoms with Gasteiger partial charge in [0.15, 0.2) is 0 Å². The molecule has 2 atom stereocenters. The van der Waals surface area contributed by atoms with Crippen molar-refractivity contribution < 1.29 is 24.5 Å². The number of ether oxygens (including phenoxy) is 1. The average molecular weight is 1140 g/mol. The molecule has 0 saturated carbocycles. The molecule has 0 spiro atoms. The highest BCUT2D eigenvalue weighted by molar-refractivity contribution is 5.76. The number of allylic oxidation sites excluding steroid dienone is 3. The van der Waals surface area contributed by atoms with Gasteiger partial charge in [-0.05, 0) is 57.8 Å². The number of carbonyl (C=O) groups excluding carboxylic acids is 2. The molecule has 0 rings (SSSR count). The van der Waals surface area contributed by atoms with Gasteiger partial charge in [0.2, 0.25) is 5.91 Å². The lowest BCUT2D eigenvalue weighted by Gasteiger charge is -2.20. The number of nitrogens with one attached hydrogen (secondary N) is 1. The summed E-state index contributed by atoms with van der Waals surface area (Å²) in [5.74, 6) is -0.0379. The summed E-state index contributed by atoms with van der Waals surface area (Å²) in [6.07, 6.45) is 90.1. The van der Waals surface area contributed by atoms with Crippen LogP contribution in [0.4, 0.5) is 0 Å². The van der Waals surface area contributed by atoms with Gasteiger partial charge < -0.3 is 20.3 Å². The lowest BCUT2D eigenvalue weighted by atomic mass is 10.0. The Kier molecular flexibility index (Phi) is 69.4. The quantitative estimate of drug-likeness (QED) is 0.0320. The van der Waals surface area contributed by atoms with E-state index in [1.54, 1.807) is 6.08 Å². The van der Waals surface area contributed by atoms with Crippen molar-refractivity contribution in [3.8, 4) is 0 Å². The van der Waals surface area contributed by atoms with Crippen LogP contribution in [0.1, 0.15) is 418 Å². The van der Waals surface area contributed by atoms with Crippen LogP contribution in [0.3, 0.4) is 0 Å². The van der Waals surface area contributed by atoms with Gasteiger partial charge in [-0.1, -0.05) is 372 Å². The molecule has 81 heavy (non-hydrogen) atoms. The minimum atomic E-state index is -0.840. The van der Waals surface area contributed by atoms with E-state index in [2.05, 4.69) is 31.3 Å². The van der Waals surface area contributed by atoms with Crippen LogP contribution in [0.2, 0.25) is 0 Å². The number of carbonyl (C=O) groups is 2. The normalized spacial score (nSPS) is 12.6. The van der Waals surface area contributed by atoms with Crippen molar-refractivity contribution in [1.82, 2.24) is 5.32 Å². The van der Waals surface area contributed by atoms with E-state index in [4.69, 9.17) is 4.74 Å². The average Bonchev–Trinajstić information content (AvgIpc) is 3.47. The molecular formula is C75H145NO5. The molecule has 0 bridgehead atoms. The predicted molar refractivity (Wildman–Crippen MR) is 356 cm³/mol. The van der Waals surface area contributed by atoms with Gasteiger partial charge in [-0.2, -0.15) is 0 Å². The molecule has 6 nitrogen and oxygen atoms in total. The van der Waals surface area contributed by atoms with E-state index in [9.17, 15) is 19.8 Å². The zero-order valence-electron chi connectivity index (χ0n) is 55.0. The molecule has 2 unspecified atom stereocenters. The first-order chi connectivity index (χ1) is 40.0. The van der Waals surface area contributed by atoms with Crippen molar-refractivity contribution in [1.29, 1.82) is 0 Å². The first-order valence-electron chi connectivity index (χ1n) is 37.1. The SMILES string of the molecule is CCCCCCCCCCCC/C=C/C(O)C(CO)NC(=O)CCCCCCCCCCCCCCCCCCC/C=C\CCCCCCCCCCCCCCCCCCCCOC(=O)CCCCCCCCCCCCCCC. The second kappa shape index (κ2) is 70.8. The van der Waals surface area contributed by atoms with E-state index < -0.39 is 12.1 Å². The number of hydrogen-bond acceptors (Lipinski definition) is 5. The molecule has 3 N–H and O–H groups in total. The number of rotatable bonds is 70. The van der Waals surface area contributed by atoms with Crippen LogP contribution in [-0.4, -0.2) is 47.4 Å². The summed E-state index contributed by atoms with van der Waals surface area (Å²) >= 11 is 0. The smallest absolute Gasteiger partial charge is 0.305 e. The molecule has 0 saturated heterocycles. The summed E-state index contributed by atoms with van der Waals surface area (Å²) in [6, 6.07) is -0.623. The molecule has 0 aromatic carbocycles. The lowest BCUT2D eigenvalue weighted by Crippen LogP contribution is -2.45. The first-order valence-corrected chi connectivity index (χ1v) is 37.1. The Hall–Kier alpha value is -1.66. The van der Waals surface area contributed by atoms with Crippen molar-refractivity contribution >= 4 is 11.9 Å². The van der Waals surface area contributed by atoms with E-state index >= 15 is 0 Å². The molecule has 0 radical (unpaired) electrons. The molecule has 0 aliphatic rings. The number of aliphatic hydroxyl groups excluding tert-OH is 2. The molecule has 0 aromatic rings. The van der Waals surface area contributed by atoms with Gasteiger partial charge in [-0.3, -0.25) is 9.59 Å². The van der Waals surface area contributed by atoms with E-state index in [1.165, 1.54) is 353 Å². The summed E-state index contributed by atoms with van der Waals surface area (Å²) in [6.45, 7) is 4.93. The van der Waals surface area contributed by atoms with Gasteiger partial charge in [0.05, 0.1) is 25.4 Å². The molecule has 0 aliphatic heterocycles. The second-order valence-electron chi connectivity index (χ2n) is 25.6. The maximum atomic E-state index is 12.5. The molecule has 480 valence electrons. The Bertz CT molecular complexity index is 1270. The van der Waals surface area contributed by atoms with Crippen LogP contribution in [0.25, 0.3) is 0 Å². The largest absolute Gasteiger partial charge is 0.466 e. The number of aliphatic hydroxyl groups is 2. The van der Waals surface area contributed by atoms with Crippen LogP contribution in [0, 0.1) is 0 Å². The van der Waals surface area contributed by atoms with Crippen LogP contribution >= 0.6 is 0 Å². The van der Waals surface area contributed by atoms with Crippen molar-refractivity contribution in [2.75, 3.05) is 13.2 Å². The Labute approximate surface area is 507 Å². The molecule has 1 amide bonds. The third-order valence-corrected chi connectivity index (χ3v) is 17.5.